The van der Waals surface area contributed by atoms with E-state index in [1.165, 1.54) is 111 Å². The number of thiophene rings is 2. The van der Waals surface area contributed by atoms with E-state index in [2.05, 4.69) is 338 Å². The van der Waals surface area contributed by atoms with E-state index in [1.54, 1.807) is 0 Å². The standard InChI is InChI=1S/C84H70BN3S3/c1-82(2,3)56-30-35-61(36-31-56)87(62-37-32-57(33-38-62)83(4,5)6)63-39-41-68-71(51-63)88(70-43-34-58(84(7,8)9)50-66(70)53-21-13-10-14-22-53)72-48-55(54-29-44-74-67(47-54)80-76(90-74)46-45-75-79(80)65-27-19-20-28-73(65)89-75)49-78-81(72)85(68)69-42-40-64(52-77(69)91-78)86(59-23-15-11-16-24-59)60-25-17-12-18-26-60/h10-52H,1-9H3. The van der Waals surface area contributed by atoms with Gasteiger partial charge in [-0.25, -0.2) is 0 Å². The molecule has 0 radical (unpaired) electrons. The summed E-state index contributed by atoms with van der Waals surface area (Å²) in [5.74, 6) is 0. The number of rotatable bonds is 9. The van der Waals surface area contributed by atoms with Crippen LogP contribution in [0.4, 0.5) is 51.2 Å². The van der Waals surface area contributed by atoms with Gasteiger partial charge in [-0.3, -0.25) is 0 Å². The van der Waals surface area contributed by atoms with Gasteiger partial charge in [0.1, 0.15) is 0 Å². The maximum atomic E-state index is 2.65. The van der Waals surface area contributed by atoms with E-state index >= 15 is 0 Å². The molecule has 14 aromatic rings. The van der Waals surface area contributed by atoms with Crippen molar-refractivity contribution in [2.45, 2.75) is 88.3 Å². The largest absolute Gasteiger partial charge is 0.311 e. The van der Waals surface area contributed by atoms with Crippen molar-refractivity contribution in [2.24, 2.45) is 0 Å². The number of para-hydroxylation sites is 2. The molecule has 0 fully saturated rings. The fourth-order valence-electron chi connectivity index (χ4n) is 14.0. The van der Waals surface area contributed by atoms with E-state index in [4.69, 9.17) is 0 Å². The zero-order valence-electron chi connectivity index (χ0n) is 53.0. The van der Waals surface area contributed by atoms with Crippen LogP contribution in [-0.2, 0) is 16.2 Å². The molecular weight excluding hydrogens is 1160 g/mol. The fraction of sp³-hybridized carbons (Fsp3) is 0.143. The summed E-state index contributed by atoms with van der Waals surface area (Å²) in [4.78, 5) is 10.0. The van der Waals surface area contributed by atoms with Gasteiger partial charge in [-0.05, 0) is 188 Å². The molecule has 16 rings (SSSR count). The summed E-state index contributed by atoms with van der Waals surface area (Å²) < 4.78 is 5.29. The van der Waals surface area contributed by atoms with Crippen molar-refractivity contribution in [3.63, 3.8) is 0 Å². The Labute approximate surface area is 548 Å². The topological polar surface area (TPSA) is 9.72 Å². The molecule has 91 heavy (non-hydrogen) atoms. The quantitative estimate of drug-likeness (QED) is 0.133. The summed E-state index contributed by atoms with van der Waals surface area (Å²) in [6.07, 6.45) is 0. The molecule has 0 atom stereocenters. The zero-order valence-corrected chi connectivity index (χ0v) is 55.4. The summed E-state index contributed by atoms with van der Waals surface area (Å²) in [6, 6.07) is 99.1. The lowest BCUT2D eigenvalue weighted by Gasteiger charge is -2.42. The second kappa shape index (κ2) is 21.8. The van der Waals surface area contributed by atoms with Crippen molar-refractivity contribution in [1.29, 1.82) is 0 Å². The van der Waals surface area contributed by atoms with Crippen LogP contribution in [0.2, 0.25) is 0 Å². The maximum absolute atomic E-state index is 2.65. The Kier molecular flexibility index (Phi) is 13.7. The van der Waals surface area contributed by atoms with Gasteiger partial charge < -0.3 is 14.7 Å². The van der Waals surface area contributed by atoms with E-state index in [0.717, 1.165) is 45.5 Å². The van der Waals surface area contributed by atoms with E-state index in [9.17, 15) is 0 Å². The first-order chi connectivity index (χ1) is 44.0. The molecule has 3 nitrogen and oxygen atoms in total. The fourth-order valence-corrected chi connectivity index (χ4v) is 17.4. The molecule has 442 valence electrons. The normalized spacial score (nSPS) is 13.0. The second-order valence-electron chi connectivity index (χ2n) is 27.7. The number of hydrogen-bond acceptors (Lipinski definition) is 6. The highest BCUT2D eigenvalue weighted by atomic mass is 32.2. The Hall–Kier alpha value is -9.11. The minimum Gasteiger partial charge on any atom is -0.311 e. The van der Waals surface area contributed by atoms with Gasteiger partial charge in [0.2, 0.25) is 6.71 Å². The lowest BCUT2D eigenvalue weighted by molar-refractivity contribution is 0.590. The minimum atomic E-state index is -0.0913. The van der Waals surface area contributed by atoms with Crippen molar-refractivity contribution in [2.75, 3.05) is 14.7 Å². The molecule has 0 saturated heterocycles. The average molecular weight is 1230 g/mol. The van der Waals surface area contributed by atoms with Gasteiger partial charge in [0, 0.05) is 101 Å². The van der Waals surface area contributed by atoms with Gasteiger partial charge in [0.05, 0.1) is 5.69 Å². The van der Waals surface area contributed by atoms with Crippen LogP contribution in [-0.4, -0.2) is 6.71 Å². The first kappa shape index (κ1) is 57.1. The molecule has 12 aromatic carbocycles. The first-order valence-corrected chi connectivity index (χ1v) is 34.3. The van der Waals surface area contributed by atoms with Crippen LogP contribution in [0.1, 0.15) is 79.0 Å². The van der Waals surface area contributed by atoms with Crippen molar-refractivity contribution >= 4 is 149 Å². The molecule has 2 aromatic heterocycles. The molecule has 0 saturated carbocycles. The van der Waals surface area contributed by atoms with Crippen LogP contribution in [0.25, 0.3) is 62.6 Å². The molecule has 7 heteroatoms. The molecule has 2 aliphatic rings. The predicted octanol–water partition coefficient (Wildman–Crippen LogP) is 23.4. The van der Waals surface area contributed by atoms with Crippen LogP contribution in [0.3, 0.4) is 0 Å². The van der Waals surface area contributed by atoms with Crippen molar-refractivity contribution in [3.8, 4) is 22.3 Å². The molecule has 2 aliphatic heterocycles. The third-order valence-corrected chi connectivity index (χ3v) is 22.2. The number of fused-ring (bicyclic) bond motifs is 11. The Morgan fingerprint density at radius 3 is 1.42 bits per heavy atom. The molecule has 4 heterocycles. The van der Waals surface area contributed by atoms with Crippen LogP contribution >= 0.6 is 34.4 Å². The molecule has 0 unspecified atom stereocenters. The van der Waals surface area contributed by atoms with Gasteiger partial charge in [-0.1, -0.05) is 213 Å². The monoisotopic (exact) mass is 1230 g/mol. The molecule has 0 N–H and O–H groups in total. The van der Waals surface area contributed by atoms with Gasteiger partial charge in [-0.2, -0.15) is 0 Å². The highest BCUT2D eigenvalue weighted by molar-refractivity contribution is 8.00. The van der Waals surface area contributed by atoms with Gasteiger partial charge in [0.15, 0.2) is 0 Å². The van der Waals surface area contributed by atoms with E-state index in [0.29, 0.717) is 0 Å². The molecule has 0 bridgehead atoms. The third kappa shape index (κ3) is 9.96. The highest BCUT2D eigenvalue weighted by Gasteiger charge is 2.43. The SMILES string of the molecule is CC(C)(C)c1ccc(N(c2ccc(C(C)(C)C)cc2)c2ccc3c(c2)N(c2ccc(C(C)(C)C)cc2-c2ccccc2)c2cc(-c4ccc5sc6ccc7sc8ccccc8c7c6c5c4)cc4c2B3c2ccc(N(c3ccccc3)c3ccccc3)cc2S4)cc1. The van der Waals surface area contributed by atoms with Crippen LogP contribution in [0, 0.1) is 0 Å². The lowest BCUT2D eigenvalue weighted by Crippen LogP contribution is -2.59. The summed E-state index contributed by atoms with van der Waals surface area (Å²) in [7, 11) is 0. The third-order valence-electron chi connectivity index (χ3n) is 18.8. The summed E-state index contributed by atoms with van der Waals surface area (Å²) in [5.41, 5.74) is 22.7. The highest BCUT2D eigenvalue weighted by Crippen LogP contribution is 2.52. The number of hydrogen-bond donors (Lipinski definition) is 0. The zero-order chi connectivity index (χ0) is 62.1. The van der Waals surface area contributed by atoms with Crippen molar-refractivity contribution < 1.29 is 0 Å². The first-order valence-electron chi connectivity index (χ1n) is 31.8. The van der Waals surface area contributed by atoms with Crippen molar-refractivity contribution in [3.05, 3.63) is 278 Å². The van der Waals surface area contributed by atoms with Crippen LogP contribution < -0.4 is 31.1 Å². The smallest absolute Gasteiger partial charge is 0.249 e. The summed E-state index contributed by atoms with van der Waals surface area (Å²) in [5, 5.41) is 5.36. The number of anilines is 9. The van der Waals surface area contributed by atoms with Crippen LogP contribution in [0.5, 0.6) is 0 Å². The maximum Gasteiger partial charge on any atom is 0.249 e. The molecule has 0 aliphatic carbocycles. The number of benzene rings is 12. The van der Waals surface area contributed by atoms with Crippen molar-refractivity contribution in [1.82, 2.24) is 0 Å². The van der Waals surface area contributed by atoms with E-state index in [-0.39, 0.29) is 23.0 Å². The Morgan fingerprint density at radius 1 is 0.319 bits per heavy atom. The minimum absolute atomic E-state index is 0.000491. The summed E-state index contributed by atoms with van der Waals surface area (Å²) in [6.45, 7) is 20.7. The van der Waals surface area contributed by atoms with Gasteiger partial charge >= 0.3 is 0 Å². The molecule has 0 spiro atoms. The van der Waals surface area contributed by atoms with Gasteiger partial charge in [-0.15, -0.1) is 22.7 Å². The Bertz CT molecular complexity index is 5050. The molecular formula is C84H70BN3S3. The molecule has 0 amide bonds. The predicted molar refractivity (Wildman–Crippen MR) is 398 cm³/mol. The lowest BCUT2D eigenvalue weighted by atomic mass is 9.34. The van der Waals surface area contributed by atoms with E-state index < -0.39 is 0 Å². The number of nitrogens with zero attached hydrogens (tertiary/aromatic N) is 3. The van der Waals surface area contributed by atoms with Crippen LogP contribution in [0.15, 0.2) is 271 Å². The van der Waals surface area contributed by atoms with E-state index in [1.807, 2.05) is 34.4 Å². The second-order valence-corrected chi connectivity index (χ2v) is 31.0. The van der Waals surface area contributed by atoms with Gasteiger partial charge in [0.25, 0.3) is 0 Å². The Balaban J connectivity index is 0.981. The summed E-state index contributed by atoms with van der Waals surface area (Å²) >= 11 is 5.72. The average Bonchev–Trinajstić information content (AvgIpc) is 0.811. The Morgan fingerprint density at radius 2 is 0.813 bits per heavy atom.